The van der Waals surface area contributed by atoms with E-state index in [2.05, 4.69) is 18.5 Å². The van der Waals surface area contributed by atoms with Crippen molar-refractivity contribution in [2.24, 2.45) is 0 Å². The van der Waals surface area contributed by atoms with E-state index < -0.39 is 0 Å². The van der Waals surface area contributed by atoms with E-state index in [9.17, 15) is 0 Å². The zero-order valence-electron chi connectivity index (χ0n) is 3.51. The van der Waals surface area contributed by atoms with Crippen LogP contribution >= 0.6 is 35.7 Å². The number of hydrogen-bond donors (Lipinski definition) is 0. The van der Waals surface area contributed by atoms with Gasteiger partial charge in [0.25, 0.3) is 0 Å². The van der Waals surface area contributed by atoms with Gasteiger partial charge in [-0.25, -0.2) is 0 Å². The highest BCUT2D eigenvalue weighted by Gasteiger charge is 1.72. The zero-order valence-corrected chi connectivity index (χ0v) is 5.96. The molecule has 0 aliphatic rings. The van der Waals surface area contributed by atoms with Crippen molar-refractivity contribution < 1.29 is 0 Å². The maximum atomic E-state index is 4.54. The number of hydrogen-bond acceptors (Lipinski definition) is 3. The van der Waals surface area contributed by atoms with E-state index in [4.69, 9.17) is 0 Å². The standard InChI is InChI=1S/C3H6S3/c1-5-3-6-2-4/h2H,3H2,1H3. The molecule has 0 aromatic rings. The molecule has 6 heavy (non-hydrogen) atoms. The van der Waals surface area contributed by atoms with Gasteiger partial charge in [-0.2, -0.15) is 11.8 Å². The normalized spacial score (nSPS) is 8.17. The summed E-state index contributed by atoms with van der Waals surface area (Å²) in [6.45, 7) is 0. The van der Waals surface area contributed by atoms with Crippen molar-refractivity contribution in [1.82, 2.24) is 0 Å². The Hall–Kier alpha value is 0.790. The van der Waals surface area contributed by atoms with Crippen LogP contribution in [-0.2, 0) is 0 Å². The Morgan fingerprint density at radius 1 is 1.83 bits per heavy atom. The molecular formula is C3H6S3. The van der Waals surface area contributed by atoms with Gasteiger partial charge in [0.2, 0.25) is 0 Å². The maximum Gasteiger partial charge on any atom is 0.0438 e. The lowest BCUT2D eigenvalue weighted by Gasteiger charge is -1.81. The summed E-state index contributed by atoms with van der Waals surface area (Å²) in [5.41, 5.74) is 0. The van der Waals surface area contributed by atoms with E-state index in [1.165, 1.54) is 0 Å². The van der Waals surface area contributed by atoms with E-state index in [0.717, 1.165) is 5.08 Å². The molecule has 3 heteroatoms. The lowest BCUT2D eigenvalue weighted by molar-refractivity contribution is 2.25. The summed E-state index contributed by atoms with van der Waals surface area (Å²) in [4.78, 5) is 0. The van der Waals surface area contributed by atoms with Crippen LogP contribution in [0, 0.1) is 0 Å². The van der Waals surface area contributed by atoms with Crippen LogP contribution in [0.15, 0.2) is 0 Å². The first-order valence-electron chi connectivity index (χ1n) is 1.46. The third-order valence-corrected chi connectivity index (χ3v) is 2.29. The minimum Gasteiger partial charge on any atom is -0.154 e. The van der Waals surface area contributed by atoms with E-state index in [0.29, 0.717) is 0 Å². The van der Waals surface area contributed by atoms with Crippen LogP contribution < -0.4 is 0 Å². The summed E-state index contributed by atoms with van der Waals surface area (Å²) in [5.74, 6) is 0. The van der Waals surface area contributed by atoms with Crippen molar-refractivity contribution in [1.29, 1.82) is 0 Å². The van der Waals surface area contributed by atoms with Gasteiger partial charge < -0.3 is 0 Å². The van der Waals surface area contributed by atoms with Gasteiger partial charge in [-0.15, -0.1) is 11.8 Å². The average molecular weight is 138 g/mol. The molecule has 0 aromatic heterocycles. The third kappa shape index (κ3) is 4.79. The van der Waals surface area contributed by atoms with Crippen molar-refractivity contribution in [3.8, 4) is 0 Å². The van der Waals surface area contributed by atoms with Gasteiger partial charge >= 0.3 is 0 Å². The monoisotopic (exact) mass is 138 g/mol. The Morgan fingerprint density at radius 3 is 2.67 bits per heavy atom. The van der Waals surface area contributed by atoms with Crippen molar-refractivity contribution in [3.05, 3.63) is 0 Å². The first kappa shape index (κ1) is 6.79. The second kappa shape index (κ2) is 5.79. The zero-order chi connectivity index (χ0) is 4.83. The Balaban J connectivity index is 2.49. The summed E-state index contributed by atoms with van der Waals surface area (Å²) in [6, 6.07) is 0. The molecule has 0 saturated heterocycles. The molecule has 0 heterocycles. The van der Waals surface area contributed by atoms with E-state index >= 15 is 0 Å². The number of thiocarbonyl (C=S) groups is 1. The van der Waals surface area contributed by atoms with Crippen LogP contribution in [0.1, 0.15) is 0 Å². The highest BCUT2D eigenvalue weighted by Crippen LogP contribution is 2.03. The van der Waals surface area contributed by atoms with Crippen LogP contribution in [0.5, 0.6) is 0 Å². The van der Waals surface area contributed by atoms with Gasteiger partial charge in [0.1, 0.15) is 0 Å². The number of rotatable bonds is 3. The van der Waals surface area contributed by atoms with Gasteiger partial charge in [0, 0.05) is 9.78 Å². The molecule has 0 aliphatic carbocycles. The molecule has 0 amide bonds. The summed E-state index contributed by atoms with van der Waals surface area (Å²) >= 11 is 7.99. The predicted octanol–water partition coefficient (Wildman–Crippen LogP) is 2.00. The maximum absolute atomic E-state index is 4.54. The average Bonchev–Trinajstić information content (AvgIpc) is 1.61. The summed E-state index contributed by atoms with van der Waals surface area (Å²) in [5, 5.41) is 1.09. The fourth-order valence-corrected chi connectivity index (χ4v) is 1.36. The first-order valence-corrected chi connectivity index (χ1v) is 4.37. The topological polar surface area (TPSA) is 0 Å². The highest BCUT2D eigenvalue weighted by molar-refractivity contribution is 8.27. The third-order valence-electron chi connectivity index (χ3n) is 0.254. The molecule has 0 N–H and O–H groups in total. The molecule has 0 saturated carbocycles. The highest BCUT2D eigenvalue weighted by atomic mass is 32.2. The smallest absolute Gasteiger partial charge is 0.0438 e. The minimum absolute atomic E-state index is 1.09. The molecular weight excluding hydrogens is 132 g/mol. The van der Waals surface area contributed by atoms with E-state index in [1.807, 2.05) is 0 Å². The minimum atomic E-state index is 1.09. The van der Waals surface area contributed by atoms with Crippen LogP contribution in [0.2, 0.25) is 0 Å². The second-order valence-electron chi connectivity index (χ2n) is 0.669. The molecule has 0 aromatic carbocycles. The molecule has 0 radical (unpaired) electrons. The molecule has 0 rings (SSSR count). The van der Waals surface area contributed by atoms with Crippen molar-refractivity contribution in [2.45, 2.75) is 0 Å². The summed E-state index contributed by atoms with van der Waals surface area (Å²) in [7, 11) is 0. The van der Waals surface area contributed by atoms with Crippen molar-refractivity contribution >= 4 is 40.4 Å². The number of thioether (sulfide) groups is 2. The Kier molecular flexibility index (Phi) is 6.55. The molecule has 36 valence electrons. The quantitative estimate of drug-likeness (QED) is 0.332. The molecule has 0 unspecified atom stereocenters. The van der Waals surface area contributed by atoms with Crippen LogP contribution in [-0.4, -0.2) is 16.0 Å². The van der Waals surface area contributed by atoms with Gasteiger partial charge in [0.05, 0.1) is 0 Å². The van der Waals surface area contributed by atoms with E-state index in [-0.39, 0.29) is 0 Å². The Labute approximate surface area is 52.1 Å². The lowest BCUT2D eigenvalue weighted by Crippen LogP contribution is -1.60. The molecule has 0 bridgehead atoms. The Bertz CT molecular complexity index is 35.0. The van der Waals surface area contributed by atoms with Gasteiger partial charge in [-0.3, -0.25) is 0 Å². The first-order chi connectivity index (χ1) is 2.91. The SMILES string of the molecule is CSCSC=S. The molecule has 0 spiro atoms. The van der Waals surface area contributed by atoms with E-state index in [1.54, 1.807) is 28.2 Å². The fraction of sp³-hybridized carbons (Fsp3) is 0.667. The summed E-state index contributed by atoms with van der Waals surface area (Å²) < 4.78 is 1.69. The molecule has 0 fully saturated rings. The largest absolute Gasteiger partial charge is 0.154 e. The Morgan fingerprint density at radius 2 is 2.50 bits per heavy atom. The van der Waals surface area contributed by atoms with Crippen molar-refractivity contribution in [2.75, 3.05) is 11.3 Å². The van der Waals surface area contributed by atoms with Gasteiger partial charge in [0.15, 0.2) is 0 Å². The second-order valence-corrected chi connectivity index (χ2v) is 3.29. The van der Waals surface area contributed by atoms with Gasteiger partial charge in [-0.1, -0.05) is 12.2 Å². The summed E-state index contributed by atoms with van der Waals surface area (Å²) in [6.07, 6.45) is 2.06. The molecule has 0 nitrogen and oxygen atoms in total. The molecule has 0 aliphatic heterocycles. The van der Waals surface area contributed by atoms with Crippen molar-refractivity contribution in [3.63, 3.8) is 0 Å². The fourth-order valence-electron chi connectivity index (χ4n) is 0.0958. The van der Waals surface area contributed by atoms with Crippen LogP contribution in [0.25, 0.3) is 0 Å². The van der Waals surface area contributed by atoms with Gasteiger partial charge in [-0.05, 0) is 6.26 Å². The molecule has 0 atom stereocenters. The lowest BCUT2D eigenvalue weighted by atomic mass is 11.9. The van der Waals surface area contributed by atoms with Crippen LogP contribution in [0.4, 0.5) is 0 Å². The predicted molar refractivity (Wildman–Crippen MR) is 39.6 cm³/mol. The van der Waals surface area contributed by atoms with Crippen LogP contribution in [0.3, 0.4) is 0 Å².